The van der Waals surface area contributed by atoms with E-state index in [-0.39, 0.29) is 32.0 Å². The number of esters is 2. The molecule has 0 amide bonds. The maximum atomic E-state index is 11.8. The minimum Gasteiger partial charge on any atom is -0.508 e. The van der Waals surface area contributed by atoms with Crippen molar-refractivity contribution >= 4 is 25.3 Å². The molecule has 47 heavy (non-hydrogen) atoms. The molecule has 2 aliphatic carbocycles. The average Bonchev–Trinajstić information content (AvgIpc) is 3.04. The van der Waals surface area contributed by atoms with Gasteiger partial charge in [-0.1, -0.05) is 29.8 Å². The molecule has 10 nitrogen and oxygen atoms in total. The Morgan fingerprint density at radius 2 is 1.13 bits per heavy atom. The summed E-state index contributed by atoms with van der Waals surface area (Å²) in [5.74, 6) is 1.26. The van der Waals surface area contributed by atoms with Crippen molar-refractivity contribution in [2.75, 3.05) is 32.6 Å². The highest BCUT2D eigenvalue weighted by atomic mass is 31.2. The van der Waals surface area contributed by atoms with Gasteiger partial charge in [0.25, 0.3) is 0 Å². The molecule has 0 spiro atoms. The van der Waals surface area contributed by atoms with E-state index in [1.807, 2.05) is 31.2 Å². The van der Waals surface area contributed by atoms with E-state index >= 15 is 0 Å². The van der Waals surface area contributed by atoms with E-state index in [9.17, 15) is 24.1 Å². The van der Waals surface area contributed by atoms with Crippen molar-refractivity contribution in [3.63, 3.8) is 0 Å². The van der Waals surface area contributed by atoms with Gasteiger partial charge in [-0.05, 0) is 113 Å². The summed E-state index contributed by atoms with van der Waals surface area (Å²) in [5.41, 5.74) is 3.71. The van der Waals surface area contributed by atoms with Crippen LogP contribution in [0.4, 0.5) is 0 Å². The number of allylic oxidation sites excluding steroid dienone is 1. The normalized spacial score (nSPS) is 16.6. The fourth-order valence-electron chi connectivity index (χ4n) is 5.47. The number of carbonyl (C=O) groups excluding carboxylic acids is 3. The zero-order valence-electron chi connectivity index (χ0n) is 28.2. The molecular formula is C36H51O10P. The van der Waals surface area contributed by atoms with Crippen LogP contribution >= 0.6 is 7.60 Å². The number of aromatic hydroxyl groups is 2. The van der Waals surface area contributed by atoms with Gasteiger partial charge >= 0.3 is 19.5 Å². The molecule has 2 saturated carbocycles. The van der Waals surface area contributed by atoms with Gasteiger partial charge in [-0.25, -0.2) is 4.79 Å². The fourth-order valence-corrected chi connectivity index (χ4v) is 6.92. The Morgan fingerprint density at radius 1 is 0.702 bits per heavy atom. The fraction of sp³-hybridized carbons (Fsp3) is 0.528. The lowest BCUT2D eigenvalue weighted by molar-refractivity contribution is -0.140. The molecule has 0 saturated heterocycles. The third-order valence-corrected chi connectivity index (χ3v) is 9.74. The summed E-state index contributed by atoms with van der Waals surface area (Å²) < 4.78 is 31.2. The standard InChI is InChI=1S/C16H20O3.C12H14O2.C8H17O5P/c1-2-19-16(18)11-12-3-5-13(6-4-12)14-7-9-15(17)10-8-14;13-11-5-1-9(2-6-11)10-3-7-12(14)8-4-10;1-4-11-8(9)7-14(10,12-5-2)13-6-3/h7-11,13,17H,2-6H2,1H3;1-2,5-6,10,13H,3-4,7-8H2;4-7H2,1-3H3. The second-order valence-electron chi connectivity index (χ2n) is 11.2. The molecule has 4 rings (SSSR count). The van der Waals surface area contributed by atoms with Crippen LogP contribution in [0.5, 0.6) is 11.5 Å². The number of ketones is 1. The third-order valence-electron chi connectivity index (χ3n) is 7.79. The Hall–Kier alpha value is -3.46. The maximum Gasteiger partial charge on any atom is 0.341 e. The quantitative estimate of drug-likeness (QED) is 0.137. The van der Waals surface area contributed by atoms with Crippen molar-refractivity contribution in [2.45, 2.75) is 90.9 Å². The van der Waals surface area contributed by atoms with Crippen LogP contribution in [-0.2, 0) is 37.5 Å². The van der Waals surface area contributed by atoms with Gasteiger partial charge in [0.05, 0.1) is 26.4 Å². The van der Waals surface area contributed by atoms with Crippen molar-refractivity contribution in [3.05, 3.63) is 71.3 Å². The van der Waals surface area contributed by atoms with Gasteiger partial charge in [0.1, 0.15) is 23.4 Å². The van der Waals surface area contributed by atoms with E-state index in [0.717, 1.165) is 38.5 Å². The van der Waals surface area contributed by atoms with E-state index in [0.29, 0.717) is 48.6 Å². The van der Waals surface area contributed by atoms with Gasteiger partial charge in [0.2, 0.25) is 0 Å². The van der Waals surface area contributed by atoms with E-state index in [4.69, 9.17) is 18.9 Å². The van der Waals surface area contributed by atoms with Gasteiger partial charge < -0.3 is 28.7 Å². The lowest BCUT2D eigenvalue weighted by Crippen LogP contribution is -2.12. The first-order valence-corrected chi connectivity index (χ1v) is 18.2. The molecule has 260 valence electrons. The number of ether oxygens (including phenoxy) is 2. The highest BCUT2D eigenvalue weighted by Crippen LogP contribution is 2.47. The molecular weight excluding hydrogens is 623 g/mol. The van der Waals surface area contributed by atoms with Crippen molar-refractivity contribution < 1.29 is 47.7 Å². The average molecular weight is 675 g/mol. The lowest BCUT2D eigenvalue weighted by atomic mass is 9.81. The molecule has 2 aromatic rings. The van der Waals surface area contributed by atoms with Crippen LogP contribution < -0.4 is 0 Å². The van der Waals surface area contributed by atoms with Crippen molar-refractivity contribution in [2.24, 2.45) is 0 Å². The van der Waals surface area contributed by atoms with Gasteiger partial charge in [-0.3, -0.25) is 14.2 Å². The largest absolute Gasteiger partial charge is 0.508 e. The first kappa shape index (κ1) is 39.7. The lowest BCUT2D eigenvalue weighted by Gasteiger charge is -2.24. The van der Waals surface area contributed by atoms with Crippen LogP contribution in [0.15, 0.2) is 60.2 Å². The van der Waals surface area contributed by atoms with Gasteiger partial charge in [-0.15, -0.1) is 0 Å². The van der Waals surface area contributed by atoms with Crippen molar-refractivity contribution in [1.82, 2.24) is 0 Å². The number of benzene rings is 2. The highest BCUT2D eigenvalue weighted by Gasteiger charge is 2.28. The number of phenols is 2. The van der Waals surface area contributed by atoms with E-state index in [2.05, 4.69) is 4.74 Å². The summed E-state index contributed by atoms with van der Waals surface area (Å²) in [6.07, 6.45) is 8.68. The Bertz CT molecular complexity index is 1290. The number of Topliss-reactive ketones (excluding diaryl/α,β-unsaturated/α-hetero) is 1. The summed E-state index contributed by atoms with van der Waals surface area (Å²) in [4.78, 5) is 33.5. The maximum absolute atomic E-state index is 11.8. The second kappa shape index (κ2) is 21.4. The molecule has 2 aliphatic rings. The number of hydrogen-bond acceptors (Lipinski definition) is 10. The monoisotopic (exact) mass is 674 g/mol. The van der Waals surface area contributed by atoms with Crippen LogP contribution in [0.2, 0.25) is 0 Å². The highest BCUT2D eigenvalue weighted by molar-refractivity contribution is 7.54. The predicted octanol–water partition coefficient (Wildman–Crippen LogP) is 7.97. The first-order valence-electron chi connectivity index (χ1n) is 16.5. The molecule has 2 N–H and O–H groups in total. The summed E-state index contributed by atoms with van der Waals surface area (Å²) >= 11 is 0. The zero-order valence-corrected chi connectivity index (χ0v) is 29.0. The van der Waals surface area contributed by atoms with Gasteiger partial charge in [0.15, 0.2) is 0 Å². The smallest absolute Gasteiger partial charge is 0.341 e. The van der Waals surface area contributed by atoms with Crippen LogP contribution in [-0.4, -0.2) is 60.5 Å². The zero-order chi connectivity index (χ0) is 34.7. The van der Waals surface area contributed by atoms with Gasteiger partial charge in [0, 0.05) is 18.9 Å². The van der Waals surface area contributed by atoms with E-state index < -0.39 is 13.6 Å². The molecule has 0 bridgehead atoms. The first-order chi connectivity index (χ1) is 22.5. The Balaban J connectivity index is 0.000000250. The van der Waals surface area contributed by atoms with Crippen molar-refractivity contribution in [3.8, 4) is 11.5 Å². The Kier molecular flexibility index (Phi) is 18.1. The molecule has 2 fully saturated rings. The van der Waals surface area contributed by atoms with E-state index in [1.165, 1.54) is 16.7 Å². The summed E-state index contributed by atoms with van der Waals surface area (Å²) in [6, 6.07) is 14.8. The molecule has 0 atom stereocenters. The molecule has 0 aromatic heterocycles. The molecule has 2 aromatic carbocycles. The van der Waals surface area contributed by atoms with Crippen molar-refractivity contribution in [1.29, 1.82) is 0 Å². The molecule has 0 heterocycles. The number of hydrogen-bond donors (Lipinski definition) is 2. The van der Waals surface area contributed by atoms with Crippen LogP contribution in [0.1, 0.15) is 102 Å². The SMILES string of the molecule is CCOC(=O)C=C1CCC(c2ccc(O)cc2)CC1.CCOC(=O)CP(=O)(OCC)OCC.O=C1CCC(c2ccc(O)cc2)CC1. The summed E-state index contributed by atoms with van der Waals surface area (Å²) in [6.45, 7) is 8.07. The minimum absolute atomic E-state index is 0.222. The van der Waals surface area contributed by atoms with Gasteiger partial charge in [-0.2, -0.15) is 0 Å². The predicted molar refractivity (Wildman–Crippen MR) is 181 cm³/mol. The van der Waals surface area contributed by atoms with E-state index in [1.54, 1.807) is 51.1 Å². The summed E-state index contributed by atoms with van der Waals surface area (Å²) in [5, 5.41) is 18.4. The van der Waals surface area contributed by atoms with Crippen LogP contribution in [0, 0.1) is 0 Å². The molecule has 0 radical (unpaired) electrons. The number of phenolic OH excluding ortho intramolecular Hbond substituents is 2. The molecule has 0 unspecified atom stereocenters. The Labute approximate surface area is 279 Å². The van der Waals surface area contributed by atoms with Crippen LogP contribution in [0.3, 0.4) is 0 Å². The topological polar surface area (TPSA) is 146 Å². The Morgan fingerprint density at radius 3 is 1.53 bits per heavy atom. The van der Waals surface area contributed by atoms with Crippen LogP contribution in [0.25, 0.3) is 0 Å². The minimum atomic E-state index is -3.28. The molecule has 11 heteroatoms. The number of carbonyl (C=O) groups is 3. The molecule has 0 aliphatic heterocycles. The number of rotatable bonds is 11. The third kappa shape index (κ3) is 15.3. The summed E-state index contributed by atoms with van der Waals surface area (Å²) in [7, 11) is -3.28. The second-order valence-corrected chi connectivity index (χ2v) is 13.3.